The van der Waals surface area contributed by atoms with Crippen LogP contribution in [0.3, 0.4) is 0 Å². The quantitative estimate of drug-likeness (QED) is 0.608. The lowest BCUT2D eigenvalue weighted by Gasteiger charge is -2.35. The maximum Gasteiger partial charge on any atom is 0.251 e. The molecule has 2 N–H and O–H groups in total. The highest BCUT2D eigenvalue weighted by Gasteiger charge is 2.24. The first-order valence-corrected chi connectivity index (χ1v) is 11.8. The number of rotatable bonds is 8. The molecule has 6 heteroatoms. The first kappa shape index (κ1) is 23.2. The molecule has 2 fully saturated rings. The number of carbonyl (C=O) groups is 2. The van der Waals surface area contributed by atoms with Crippen LogP contribution in [0.1, 0.15) is 53.7 Å². The molecule has 1 aliphatic heterocycles. The second kappa shape index (κ2) is 10.8. The Hall–Kier alpha value is -2.96. The van der Waals surface area contributed by atoms with E-state index < -0.39 is 0 Å². The number of benzene rings is 2. The van der Waals surface area contributed by atoms with Crippen LogP contribution in [0.15, 0.2) is 54.6 Å². The van der Waals surface area contributed by atoms with Crippen molar-refractivity contribution >= 4 is 17.9 Å². The summed E-state index contributed by atoms with van der Waals surface area (Å²) in [5.41, 5.74) is 3.87. The molecule has 0 radical (unpaired) electrons. The monoisotopic (exact) mass is 447 g/mol. The van der Waals surface area contributed by atoms with Crippen LogP contribution < -0.4 is 10.6 Å². The molecule has 33 heavy (non-hydrogen) atoms. The van der Waals surface area contributed by atoms with Gasteiger partial charge in [-0.05, 0) is 61.6 Å². The molecule has 2 amide bonds. The Labute approximate surface area is 196 Å². The average Bonchev–Trinajstić information content (AvgIpc) is 3.61. The lowest BCUT2D eigenvalue weighted by Crippen LogP contribution is -2.45. The van der Waals surface area contributed by atoms with Gasteiger partial charge >= 0.3 is 0 Å². The van der Waals surface area contributed by atoms with E-state index in [2.05, 4.69) is 41.5 Å². The fourth-order valence-electron chi connectivity index (χ4n) is 4.19. The summed E-state index contributed by atoms with van der Waals surface area (Å²) < 4.78 is 5.84. The van der Waals surface area contributed by atoms with Gasteiger partial charge in [0.15, 0.2) is 0 Å². The SMILES string of the molecule is CC1CN(Cc2ccccc2CNC(=O)/C=C/c2ccc(C(=O)NC3CC3)cc2)CC(C)O1. The zero-order valence-corrected chi connectivity index (χ0v) is 19.4. The third kappa shape index (κ3) is 7.01. The van der Waals surface area contributed by atoms with Crippen molar-refractivity contribution in [1.82, 2.24) is 15.5 Å². The summed E-state index contributed by atoms with van der Waals surface area (Å²) in [4.78, 5) is 26.9. The molecule has 6 nitrogen and oxygen atoms in total. The van der Waals surface area contributed by atoms with E-state index in [1.54, 1.807) is 18.2 Å². The van der Waals surface area contributed by atoms with Crippen LogP contribution in [0.5, 0.6) is 0 Å². The number of hydrogen-bond acceptors (Lipinski definition) is 4. The van der Waals surface area contributed by atoms with E-state index in [-0.39, 0.29) is 24.0 Å². The third-order valence-electron chi connectivity index (χ3n) is 5.97. The minimum atomic E-state index is -0.144. The summed E-state index contributed by atoms with van der Waals surface area (Å²) in [7, 11) is 0. The number of amides is 2. The Morgan fingerprint density at radius 2 is 1.67 bits per heavy atom. The number of nitrogens with zero attached hydrogens (tertiary/aromatic N) is 1. The molecule has 2 atom stereocenters. The topological polar surface area (TPSA) is 70.7 Å². The Balaban J connectivity index is 1.29. The zero-order chi connectivity index (χ0) is 23.2. The molecule has 1 saturated heterocycles. The van der Waals surface area contributed by atoms with Crippen LogP contribution in [-0.4, -0.2) is 48.1 Å². The van der Waals surface area contributed by atoms with Crippen molar-refractivity contribution < 1.29 is 14.3 Å². The summed E-state index contributed by atoms with van der Waals surface area (Å²) in [6, 6.07) is 15.9. The van der Waals surface area contributed by atoms with Gasteiger partial charge in [0.25, 0.3) is 5.91 Å². The molecule has 1 heterocycles. The van der Waals surface area contributed by atoms with E-state index in [0.29, 0.717) is 18.2 Å². The lowest BCUT2D eigenvalue weighted by atomic mass is 10.1. The van der Waals surface area contributed by atoms with Crippen LogP contribution in [0.25, 0.3) is 6.08 Å². The van der Waals surface area contributed by atoms with Crippen LogP contribution in [-0.2, 0) is 22.6 Å². The maximum atomic E-state index is 12.4. The van der Waals surface area contributed by atoms with Gasteiger partial charge in [-0.15, -0.1) is 0 Å². The van der Waals surface area contributed by atoms with Gasteiger partial charge in [0.2, 0.25) is 5.91 Å². The van der Waals surface area contributed by atoms with E-state index in [4.69, 9.17) is 4.74 Å². The molecular weight excluding hydrogens is 414 g/mol. The van der Waals surface area contributed by atoms with Crippen molar-refractivity contribution in [2.24, 2.45) is 0 Å². The lowest BCUT2D eigenvalue weighted by molar-refractivity contribution is -0.116. The van der Waals surface area contributed by atoms with E-state index in [9.17, 15) is 9.59 Å². The van der Waals surface area contributed by atoms with Crippen molar-refractivity contribution in [3.05, 3.63) is 76.9 Å². The molecule has 2 aromatic carbocycles. The molecular formula is C27H33N3O3. The van der Waals surface area contributed by atoms with Crippen molar-refractivity contribution in [1.29, 1.82) is 0 Å². The van der Waals surface area contributed by atoms with Gasteiger partial charge in [-0.25, -0.2) is 0 Å². The molecule has 0 aromatic heterocycles. The van der Waals surface area contributed by atoms with E-state index in [1.165, 1.54) is 11.6 Å². The molecule has 2 aromatic rings. The molecule has 4 rings (SSSR count). The molecule has 2 unspecified atom stereocenters. The summed E-state index contributed by atoms with van der Waals surface area (Å²) in [6.07, 6.45) is 5.89. The van der Waals surface area contributed by atoms with Gasteiger partial charge < -0.3 is 15.4 Å². The number of hydrogen-bond donors (Lipinski definition) is 2. The Bertz CT molecular complexity index is 988. The van der Waals surface area contributed by atoms with Crippen molar-refractivity contribution in [3.63, 3.8) is 0 Å². The number of ether oxygens (including phenoxy) is 1. The number of morpholine rings is 1. The summed E-state index contributed by atoms with van der Waals surface area (Å²) in [5.74, 6) is -0.181. The second-order valence-electron chi connectivity index (χ2n) is 9.14. The van der Waals surface area contributed by atoms with Crippen LogP contribution in [0.2, 0.25) is 0 Å². The average molecular weight is 448 g/mol. The van der Waals surface area contributed by atoms with Gasteiger partial charge in [0.05, 0.1) is 12.2 Å². The highest BCUT2D eigenvalue weighted by molar-refractivity contribution is 5.95. The number of nitrogens with one attached hydrogen (secondary N) is 2. The van der Waals surface area contributed by atoms with Crippen LogP contribution in [0.4, 0.5) is 0 Å². The van der Waals surface area contributed by atoms with Crippen LogP contribution in [0, 0.1) is 0 Å². The molecule has 1 aliphatic carbocycles. The fraction of sp³-hybridized carbons (Fsp3) is 0.407. The molecule has 0 spiro atoms. The summed E-state index contributed by atoms with van der Waals surface area (Å²) in [6.45, 7) is 7.37. The van der Waals surface area contributed by atoms with Gasteiger partial charge in [-0.3, -0.25) is 14.5 Å². The van der Waals surface area contributed by atoms with Gasteiger partial charge in [0, 0.05) is 43.9 Å². The second-order valence-corrected chi connectivity index (χ2v) is 9.14. The first-order valence-electron chi connectivity index (χ1n) is 11.8. The predicted molar refractivity (Wildman–Crippen MR) is 130 cm³/mol. The van der Waals surface area contributed by atoms with E-state index in [1.807, 2.05) is 24.3 Å². The fourth-order valence-corrected chi connectivity index (χ4v) is 4.19. The molecule has 1 saturated carbocycles. The first-order chi connectivity index (χ1) is 16.0. The molecule has 174 valence electrons. The van der Waals surface area contributed by atoms with E-state index >= 15 is 0 Å². The standard InChI is InChI=1S/C27H33N3O3/c1-19-16-30(17-20(2)33-19)18-24-6-4-3-5-23(24)15-28-26(31)14-9-21-7-10-22(11-8-21)27(32)29-25-12-13-25/h3-11,14,19-20,25H,12-13,15-18H2,1-2H3,(H,28,31)(H,29,32)/b14-9+. The Morgan fingerprint density at radius 1 is 1.00 bits per heavy atom. The zero-order valence-electron chi connectivity index (χ0n) is 19.4. The van der Waals surface area contributed by atoms with Gasteiger partial charge in [-0.2, -0.15) is 0 Å². The van der Waals surface area contributed by atoms with Gasteiger partial charge in [-0.1, -0.05) is 36.4 Å². The minimum Gasteiger partial charge on any atom is -0.373 e. The smallest absolute Gasteiger partial charge is 0.251 e. The maximum absolute atomic E-state index is 12.4. The summed E-state index contributed by atoms with van der Waals surface area (Å²) in [5, 5.41) is 5.97. The summed E-state index contributed by atoms with van der Waals surface area (Å²) >= 11 is 0. The minimum absolute atomic E-state index is 0.0366. The highest BCUT2D eigenvalue weighted by Crippen LogP contribution is 2.20. The van der Waals surface area contributed by atoms with Crippen molar-refractivity contribution in [2.75, 3.05) is 13.1 Å². The van der Waals surface area contributed by atoms with E-state index in [0.717, 1.165) is 43.6 Å². The van der Waals surface area contributed by atoms with Crippen LogP contribution >= 0.6 is 0 Å². The Kier molecular flexibility index (Phi) is 7.57. The highest BCUT2D eigenvalue weighted by atomic mass is 16.5. The molecule has 2 aliphatic rings. The Morgan fingerprint density at radius 3 is 2.33 bits per heavy atom. The third-order valence-corrected chi connectivity index (χ3v) is 5.97. The van der Waals surface area contributed by atoms with Crippen molar-refractivity contribution in [3.8, 4) is 0 Å². The predicted octanol–water partition coefficient (Wildman–Crippen LogP) is 3.52. The largest absolute Gasteiger partial charge is 0.373 e. The normalized spacial score (nSPS) is 21.2. The number of carbonyl (C=O) groups excluding carboxylic acids is 2. The van der Waals surface area contributed by atoms with Gasteiger partial charge in [0.1, 0.15) is 0 Å². The molecule has 0 bridgehead atoms. The van der Waals surface area contributed by atoms with Crippen molar-refractivity contribution in [2.45, 2.75) is 58.0 Å².